The summed E-state index contributed by atoms with van der Waals surface area (Å²) in [6, 6.07) is 4.09. The van der Waals surface area contributed by atoms with Crippen molar-refractivity contribution in [1.82, 2.24) is 9.88 Å². The van der Waals surface area contributed by atoms with Gasteiger partial charge in [0.15, 0.2) is 0 Å². The van der Waals surface area contributed by atoms with Crippen LogP contribution in [0.2, 0.25) is 0 Å². The highest BCUT2D eigenvalue weighted by Crippen LogP contribution is 2.36. The standard InChI is InChI=1S/C15H23N3/c16-15-14(6-3-8-17-15)11-18-9-7-12-4-1-2-5-13(12)10-18/h3,6,8,12-13H,1-2,4-5,7,9-11H2,(H2,16,17). The molecule has 2 unspecified atom stereocenters. The van der Waals surface area contributed by atoms with Crippen LogP contribution in [0, 0.1) is 11.8 Å². The highest BCUT2D eigenvalue weighted by Gasteiger charge is 2.30. The highest BCUT2D eigenvalue weighted by atomic mass is 15.1. The lowest BCUT2D eigenvalue weighted by Gasteiger charge is -2.41. The summed E-state index contributed by atoms with van der Waals surface area (Å²) in [6.07, 6.45) is 8.94. The topological polar surface area (TPSA) is 42.1 Å². The fourth-order valence-corrected chi connectivity index (χ4v) is 3.65. The first-order chi connectivity index (χ1) is 8.83. The van der Waals surface area contributed by atoms with E-state index in [0.29, 0.717) is 5.82 Å². The second-order valence-electron chi connectivity index (χ2n) is 5.88. The maximum absolute atomic E-state index is 5.93. The van der Waals surface area contributed by atoms with Crippen LogP contribution in [0.3, 0.4) is 0 Å². The molecule has 18 heavy (non-hydrogen) atoms. The smallest absolute Gasteiger partial charge is 0.127 e. The predicted molar refractivity (Wildman–Crippen MR) is 74.0 cm³/mol. The van der Waals surface area contributed by atoms with Gasteiger partial charge in [0.05, 0.1) is 0 Å². The number of aromatic nitrogens is 1. The summed E-state index contributed by atoms with van der Waals surface area (Å²) >= 11 is 0. The fraction of sp³-hybridized carbons (Fsp3) is 0.667. The highest BCUT2D eigenvalue weighted by molar-refractivity contribution is 5.38. The van der Waals surface area contributed by atoms with Gasteiger partial charge < -0.3 is 5.73 Å². The first-order valence-corrected chi connectivity index (χ1v) is 7.24. The molecule has 0 spiro atoms. The molecular weight excluding hydrogens is 222 g/mol. The molecule has 98 valence electrons. The van der Waals surface area contributed by atoms with Crippen LogP contribution >= 0.6 is 0 Å². The summed E-state index contributed by atoms with van der Waals surface area (Å²) in [6.45, 7) is 3.47. The summed E-state index contributed by atoms with van der Waals surface area (Å²) in [5, 5.41) is 0. The van der Waals surface area contributed by atoms with Gasteiger partial charge in [-0.15, -0.1) is 0 Å². The van der Waals surface area contributed by atoms with E-state index in [0.717, 1.165) is 18.4 Å². The third-order valence-electron chi connectivity index (χ3n) is 4.70. The minimum Gasteiger partial charge on any atom is -0.383 e. The van der Waals surface area contributed by atoms with Crippen LogP contribution in [0.1, 0.15) is 37.7 Å². The average Bonchev–Trinajstić information content (AvgIpc) is 2.41. The number of anilines is 1. The van der Waals surface area contributed by atoms with Crippen LogP contribution in [0.5, 0.6) is 0 Å². The molecule has 2 fully saturated rings. The molecule has 0 radical (unpaired) electrons. The Morgan fingerprint density at radius 1 is 1.22 bits per heavy atom. The second-order valence-corrected chi connectivity index (χ2v) is 5.88. The van der Waals surface area contributed by atoms with E-state index >= 15 is 0 Å². The van der Waals surface area contributed by atoms with Crippen LogP contribution in [0.25, 0.3) is 0 Å². The molecule has 1 saturated carbocycles. The van der Waals surface area contributed by atoms with Crippen molar-refractivity contribution in [3.05, 3.63) is 23.9 Å². The number of likely N-dealkylation sites (tertiary alicyclic amines) is 1. The average molecular weight is 245 g/mol. The molecule has 2 aliphatic rings. The normalized spacial score (nSPS) is 28.9. The minimum absolute atomic E-state index is 0.697. The van der Waals surface area contributed by atoms with E-state index in [1.54, 1.807) is 6.20 Å². The van der Waals surface area contributed by atoms with Gasteiger partial charge in [0, 0.05) is 24.8 Å². The largest absolute Gasteiger partial charge is 0.383 e. The van der Waals surface area contributed by atoms with Crippen molar-refractivity contribution in [3.63, 3.8) is 0 Å². The Kier molecular flexibility index (Phi) is 3.50. The van der Waals surface area contributed by atoms with Crippen LogP contribution in [-0.2, 0) is 6.54 Å². The second kappa shape index (κ2) is 5.27. The van der Waals surface area contributed by atoms with E-state index < -0.39 is 0 Å². The molecule has 1 aromatic rings. The van der Waals surface area contributed by atoms with Crippen LogP contribution in [0.4, 0.5) is 5.82 Å². The van der Waals surface area contributed by atoms with E-state index in [1.807, 2.05) is 6.07 Å². The van der Waals surface area contributed by atoms with Gasteiger partial charge in [-0.2, -0.15) is 0 Å². The SMILES string of the molecule is Nc1ncccc1CN1CCC2CCCCC2C1. The minimum atomic E-state index is 0.697. The van der Waals surface area contributed by atoms with E-state index in [9.17, 15) is 0 Å². The molecule has 3 rings (SSSR count). The number of hydrogen-bond acceptors (Lipinski definition) is 3. The van der Waals surface area contributed by atoms with Gasteiger partial charge in [0.25, 0.3) is 0 Å². The number of rotatable bonds is 2. The Hall–Kier alpha value is -1.09. The third kappa shape index (κ3) is 2.51. The lowest BCUT2D eigenvalue weighted by molar-refractivity contribution is 0.0821. The Labute approximate surface area is 109 Å². The molecule has 0 bridgehead atoms. The lowest BCUT2D eigenvalue weighted by Crippen LogP contribution is -2.41. The summed E-state index contributed by atoms with van der Waals surface area (Å²) in [7, 11) is 0. The maximum atomic E-state index is 5.93. The summed E-state index contributed by atoms with van der Waals surface area (Å²) in [4.78, 5) is 6.75. The Morgan fingerprint density at radius 2 is 2.06 bits per heavy atom. The van der Waals surface area contributed by atoms with Crippen LogP contribution in [-0.4, -0.2) is 23.0 Å². The molecule has 2 N–H and O–H groups in total. The molecule has 1 saturated heterocycles. The predicted octanol–water partition coefficient (Wildman–Crippen LogP) is 2.68. The van der Waals surface area contributed by atoms with Gasteiger partial charge in [0.2, 0.25) is 0 Å². The van der Waals surface area contributed by atoms with Gasteiger partial charge in [-0.25, -0.2) is 4.98 Å². The third-order valence-corrected chi connectivity index (χ3v) is 4.70. The van der Waals surface area contributed by atoms with Crippen molar-refractivity contribution in [3.8, 4) is 0 Å². The maximum Gasteiger partial charge on any atom is 0.127 e. The zero-order valence-electron chi connectivity index (χ0n) is 11.0. The molecule has 2 atom stereocenters. The zero-order valence-corrected chi connectivity index (χ0v) is 11.0. The molecule has 1 aromatic heterocycles. The molecular formula is C15H23N3. The van der Waals surface area contributed by atoms with Gasteiger partial charge >= 0.3 is 0 Å². The number of fused-ring (bicyclic) bond motifs is 1. The van der Waals surface area contributed by atoms with Crippen molar-refractivity contribution in [2.45, 2.75) is 38.6 Å². The van der Waals surface area contributed by atoms with E-state index in [2.05, 4.69) is 16.0 Å². The Morgan fingerprint density at radius 3 is 2.89 bits per heavy atom. The number of nitrogen functional groups attached to an aromatic ring is 1. The number of nitrogens with two attached hydrogens (primary N) is 1. The van der Waals surface area contributed by atoms with Crippen molar-refractivity contribution < 1.29 is 0 Å². The summed E-state index contributed by atoms with van der Waals surface area (Å²) in [5.41, 5.74) is 7.12. The van der Waals surface area contributed by atoms with Gasteiger partial charge in [-0.3, -0.25) is 4.90 Å². The Bertz CT molecular complexity index is 404. The van der Waals surface area contributed by atoms with Crippen LogP contribution in [0.15, 0.2) is 18.3 Å². The molecule has 0 aromatic carbocycles. The lowest BCUT2D eigenvalue weighted by atomic mass is 9.75. The Balaban J connectivity index is 1.63. The van der Waals surface area contributed by atoms with Crippen molar-refractivity contribution in [1.29, 1.82) is 0 Å². The summed E-state index contributed by atoms with van der Waals surface area (Å²) in [5.74, 6) is 2.63. The van der Waals surface area contributed by atoms with Crippen molar-refractivity contribution in [2.75, 3.05) is 18.8 Å². The number of piperidine rings is 1. The molecule has 2 heterocycles. The van der Waals surface area contributed by atoms with Crippen LogP contribution < -0.4 is 5.73 Å². The monoisotopic (exact) mass is 245 g/mol. The zero-order chi connectivity index (χ0) is 12.4. The number of hydrogen-bond donors (Lipinski definition) is 1. The first kappa shape index (κ1) is 12.0. The first-order valence-electron chi connectivity index (χ1n) is 7.24. The number of nitrogens with zero attached hydrogens (tertiary/aromatic N) is 2. The van der Waals surface area contributed by atoms with E-state index in [4.69, 9.17) is 5.73 Å². The number of pyridine rings is 1. The van der Waals surface area contributed by atoms with Gasteiger partial charge in [-0.05, 0) is 37.3 Å². The van der Waals surface area contributed by atoms with Crippen molar-refractivity contribution in [2.24, 2.45) is 11.8 Å². The van der Waals surface area contributed by atoms with E-state index in [1.165, 1.54) is 50.8 Å². The molecule has 3 nitrogen and oxygen atoms in total. The molecule has 0 amide bonds. The molecule has 1 aliphatic heterocycles. The van der Waals surface area contributed by atoms with E-state index in [-0.39, 0.29) is 0 Å². The molecule has 1 aliphatic carbocycles. The van der Waals surface area contributed by atoms with Crippen molar-refractivity contribution >= 4 is 5.82 Å². The summed E-state index contributed by atoms with van der Waals surface area (Å²) < 4.78 is 0. The van der Waals surface area contributed by atoms with Gasteiger partial charge in [-0.1, -0.05) is 25.3 Å². The fourth-order valence-electron chi connectivity index (χ4n) is 3.65. The molecule has 3 heteroatoms. The quantitative estimate of drug-likeness (QED) is 0.871. The van der Waals surface area contributed by atoms with Gasteiger partial charge in [0.1, 0.15) is 5.82 Å².